The summed E-state index contributed by atoms with van der Waals surface area (Å²) < 4.78 is 6.59. The summed E-state index contributed by atoms with van der Waals surface area (Å²) in [7, 11) is 0. The molecule has 3 aromatic heterocycles. The van der Waals surface area contributed by atoms with Gasteiger partial charge < -0.3 is 14.8 Å². The van der Waals surface area contributed by atoms with Gasteiger partial charge in [-0.25, -0.2) is 4.98 Å². The smallest absolute Gasteiger partial charge is 0.278 e. The fraction of sp³-hybridized carbons (Fsp3) is 0.120. The maximum absolute atomic E-state index is 13.5. The average Bonchev–Trinajstić information content (AvgIpc) is 3.47. The van der Waals surface area contributed by atoms with E-state index in [9.17, 15) is 9.59 Å². The summed E-state index contributed by atoms with van der Waals surface area (Å²) >= 11 is 1.20. The number of carbonyl (C=O) groups excluding carboxylic acids is 1. The molecule has 2 aromatic carbocycles. The first kappa shape index (κ1) is 21.7. The minimum atomic E-state index is -0.267. The summed E-state index contributed by atoms with van der Waals surface area (Å²) in [6.45, 7) is 2.09. The van der Waals surface area contributed by atoms with Crippen LogP contribution >= 0.6 is 11.8 Å². The third-order valence-electron chi connectivity index (χ3n) is 5.25. The van der Waals surface area contributed by atoms with Crippen molar-refractivity contribution in [1.29, 1.82) is 0 Å². The molecule has 0 fully saturated rings. The van der Waals surface area contributed by atoms with Gasteiger partial charge in [0, 0.05) is 17.8 Å². The number of benzene rings is 2. The topological polar surface area (TPSA) is 106 Å². The van der Waals surface area contributed by atoms with E-state index < -0.39 is 0 Å². The molecule has 1 amide bonds. The van der Waals surface area contributed by atoms with Crippen molar-refractivity contribution in [3.8, 4) is 11.1 Å². The number of thioether (sulfide) groups is 1. The molecule has 0 aliphatic rings. The van der Waals surface area contributed by atoms with Gasteiger partial charge in [0.2, 0.25) is 5.91 Å². The normalized spacial score (nSPS) is 11.1. The molecule has 0 aliphatic carbocycles. The Morgan fingerprint density at radius 1 is 1.12 bits per heavy atom. The van der Waals surface area contributed by atoms with Crippen molar-refractivity contribution >= 4 is 34.5 Å². The number of aromatic amines is 1. The Labute approximate surface area is 199 Å². The van der Waals surface area contributed by atoms with E-state index in [2.05, 4.69) is 15.5 Å². The van der Waals surface area contributed by atoms with Gasteiger partial charge in [-0.15, -0.1) is 0 Å². The van der Waals surface area contributed by atoms with Crippen LogP contribution < -0.4 is 10.9 Å². The van der Waals surface area contributed by atoms with Gasteiger partial charge in [0.1, 0.15) is 16.8 Å². The van der Waals surface area contributed by atoms with Crippen molar-refractivity contribution in [2.24, 2.45) is 0 Å². The van der Waals surface area contributed by atoms with Gasteiger partial charge in [-0.2, -0.15) is 0 Å². The predicted octanol–water partition coefficient (Wildman–Crippen LogP) is 4.47. The number of nitrogens with one attached hydrogen (secondary N) is 2. The lowest BCUT2D eigenvalue weighted by atomic mass is 10.1. The highest BCUT2D eigenvalue weighted by atomic mass is 32.2. The first-order chi connectivity index (χ1) is 16.6. The van der Waals surface area contributed by atoms with E-state index in [0.29, 0.717) is 34.3 Å². The molecule has 8 nitrogen and oxygen atoms in total. The number of anilines is 1. The second kappa shape index (κ2) is 9.40. The van der Waals surface area contributed by atoms with Crippen LogP contribution in [0.5, 0.6) is 0 Å². The predicted molar refractivity (Wildman–Crippen MR) is 132 cm³/mol. The van der Waals surface area contributed by atoms with E-state index >= 15 is 0 Å². The average molecular weight is 472 g/mol. The van der Waals surface area contributed by atoms with Crippen molar-refractivity contribution in [3.05, 3.63) is 94.6 Å². The third-order valence-corrected chi connectivity index (χ3v) is 6.22. The fourth-order valence-corrected chi connectivity index (χ4v) is 4.45. The summed E-state index contributed by atoms with van der Waals surface area (Å²) in [5.41, 5.74) is 3.58. The van der Waals surface area contributed by atoms with E-state index in [1.165, 1.54) is 11.8 Å². The molecule has 0 saturated carbocycles. The van der Waals surface area contributed by atoms with Crippen LogP contribution in [-0.4, -0.2) is 31.4 Å². The van der Waals surface area contributed by atoms with Gasteiger partial charge in [0.05, 0.1) is 12.3 Å². The van der Waals surface area contributed by atoms with E-state index in [0.717, 1.165) is 16.7 Å². The first-order valence-corrected chi connectivity index (χ1v) is 11.6. The lowest BCUT2D eigenvalue weighted by Gasteiger charge is -2.12. The van der Waals surface area contributed by atoms with Gasteiger partial charge in [0.15, 0.2) is 11.0 Å². The Balaban J connectivity index is 1.51. The zero-order chi connectivity index (χ0) is 23.5. The van der Waals surface area contributed by atoms with Crippen LogP contribution in [0.4, 0.5) is 5.82 Å². The Bertz CT molecular complexity index is 1510. The number of H-pyrrole nitrogens is 1. The molecule has 3 heterocycles. The highest BCUT2D eigenvalue weighted by Gasteiger charge is 2.18. The quantitative estimate of drug-likeness (QED) is 0.268. The second-order valence-electron chi connectivity index (χ2n) is 7.72. The highest BCUT2D eigenvalue weighted by Crippen LogP contribution is 2.28. The van der Waals surface area contributed by atoms with Crippen LogP contribution in [0, 0.1) is 6.92 Å². The van der Waals surface area contributed by atoms with Gasteiger partial charge in [-0.1, -0.05) is 77.6 Å². The molecule has 0 bridgehead atoms. The number of carbonyl (C=O) groups is 1. The molecule has 170 valence electrons. The van der Waals surface area contributed by atoms with Gasteiger partial charge in [-0.05, 0) is 18.1 Å². The van der Waals surface area contributed by atoms with Crippen molar-refractivity contribution in [1.82, 2.24) is 19.7 Å². The molecular weight excluding hydrogens is 450 g/mol. The van der Waals surface area contributed by atoms with Gasteiger partial charge in [-0.3, -0.25) is 14.2 Å². The van der Waals surface area contributed by atoms with Crippen LogP contribution in [0.1, 0.15) is 11.3 Å². The summed E-state index contributed by atoms with van der Waals surface area (Å²) in [6, 6.07) is 21.1. The third kappa shape index (κ3) is 4.51. The zero-order valence-electron chi connectivity index (χ0n) is 18.3. The van der Waals surface area contributed by atoms with Crippen LogP contribution in [0.2, 0.25) is 0 Å². The van der Waals surface area contributed by atoms with E-state index in [1.807, 2.05) is 60.7 Å². The molecule has 0 spiro atoms. The summed E-state index contributed by atoms with van der Waals surface area (Å²) in [6.07, 6.45) is 1.80. The molecule has 0 radical (unpaired) electrons. The SMILES string of the molecule is Cc1cc(NC(=O)CSc2nc3c(-c4ccccc4)c[nH]c3c(=O)n2Cc2ccccc2)no1. The number of fused-ring (bicyclic) bond motifs is 1. The molecule has 0 unspecified atom stereocenters. The number of aromatic nitrogens is 4. The molecule has 2 N–H and O–H groups in total. The Morgan fingerprint density at radius 2 is 1.85 bits per heavy atom. The van der Waals surface area contributed by atoms with Crippen molar-refractivity contribution in [3.63, 3.8) is 0 Å². The molecule has 0 atom stereocenters. The fourth-order valence-electron chi connectivity index (χ4n) is 3.66. The molecule has 34 heavy (non-hydrogen) atoms. The molecule has 0 saturated heterocycles. The minimum absolute atomic E-state index is 0.0593. The summed E-state index contributed by atoms with van der Waals surface area (Å²) in [4.78, 5) is 33.9. The maximum atomic E-state index is 13.5. The van der Waals surface area contributed by atoms with Gasteiger partial charge in [0.25, 0.3) is 5.56 Å². The van der Waals surface area contributed by atoms with Crippen LogP contribution in [0.25, 0.3) is 22.2 Å². The standard InChI is InChI=1S/C25H21N5O3S/c1-16-12-20(29-33-16)27-21(31)15-34-25-28-22-19(18-10-6-3-7-11-18)13-26-23(22)24(32)30(25)14-17-8-4-2-5-9-17/h2-13,26H,14-15H2,1H3,(H,27,29,31). The van der Waals surface area contributed by atoms with E-state index in [-0.39, 0.29) is 17.2 Å². The minimum Gasteiger partial charge on any atom is -0.360 e. The number of hydrogen-bond acceptors (Lipinski definition) is 6. The lowest BCUT2D eigenvalue weighted by molar-refractivity contribution is -0.113. The summed E-state index contributed by atoms with van der Waals surface area (Å²) in [5, 5.41) is 6.95. The zero-order valence-corrected chi connectivity index (χ0v) is 19.1. The second-order valence-corrected chi connectivity index (χ2v) is 8.67. The number of rotatable bonds is 7. The largest absolute Gasteiger partial charge is 0.360 e. The van der Waals surface area contributed by atoms with Crippen molar-refractivity contribution < 1.29 is 9.32 Å². The van der Waals surface area contributed by atoms with Crippen molar-refractivity contribution in [2.75, 3.05) is 11.1 Å². The van der Waals surface area contributed by atoms with Crippen LogP contribution in [0.15, 0.2) is 87.4 Å². The highest BCUT2D eigenvalue weighted by molar-refractivity contribution is 7.99. The summed E-state index contributed by atoms with van der Waals surface area (Å²) in [5.74, 6) is 0.748. The van der Waals surface area contributed by atoms with Gasteiger partial charge >= 0.3 is 0 Å². The van der Waals surface area contributed by atoms with E-state index in [4.69, 9.17) is 9.51 Å². The molecule has 0 aliphatic heterocycles. The monoisotopic (exact) mass is 471 g/mol. The molecular formula is C25H21N5O3S. The van der Waals surface area contributed by atoms with Crippen LogP contribution in [-0.2, 0) is 11.3 Å². The lowest BCUT2D eigenvalue weighted by Crippen LogP contribution is -2.25. The van der Waals surface area contributed by atoms with Crippen molar-refractivity contribution in [2.45, 2.75) is 18.6 Å². The number of nitrogens with zero attached hydrogens (tertiary/aromatic N) is 3. The number of aryl methyl sites for hydroxylation is 1. The number of hydrogen-bond donors (Lipinski definition) is 2. The Morgan fingerprint density at radius 3 is 2.56 bits per heavy atom. The first-order valence-electron chi connectivity index (χ1n) is 10.7. The molecule has 9 heteroatoms. The van der Waals surface area contributed by atoms with E-state index in [1.54, 1.807) is 23.8 Å². The molecule has 5 aromatic rings. The molecule has 5 rings (SSSR count). The Kier molecular flexibility index (Phi) is 6.01. The number of amides is 1. The van der Waals surface area contributed by atoms with Crippen LogP contribution in [0.3, 0.4) is 0 Å². The maximum Gasteiger partial charge on any atom is 0.278 e. The Hall–Kier alpha value is -4.11.